The van der Waals surface area contributed by atoms with Gasteiger partial charge in [-0.05, 0) is 48.9 Å². The Labute approximate surface area is 218 Å². The normalized spacial score (nSPS) is 18.7. The SMILES string of the molecule is CN(Cc1cccc(OCCN2CCN(C(=O)/C=C/c3ccccc3Cl)CC2)c1)C[C@H]1CCC(=O)N1. The Hall–Kier alpha value is -2.87. The van der Waals surface area contributed by atoms with E-state index in [9.17, 15) is 9.59 Å². The van der Waals surface area contributed by atoms with Crippen molar-refractivity contribution >= 4 is 29.5 Å². The molecule has 2 fully saturated rings. The molecule has 192 valence electrons. The Morgan fingerprint density at radius 1 is 1.17 bits per heavy atom. The molecule has 0 radical (unpaired) electrons. The van der Waals surface area contributed by atoms with Crippen LogP contribution >= 0.6 is 11.6 Å². The fourth-order valence-corrected chi connectivity index (χ4v) is 4.86. The van der Waals surface area contributed by atoms with Crippen LogP contribution in [0.4, 0.5) is 0 Å². The van der Waals surface area contributed by atoms with Crippen LogP contribution in [0.3, 0.4) is 0 Å². The zero-order valence-electron chi connectivity index (χ0n) is 20.9. The van der Waals surface area contributed by atoms with Crippen LogP contribution in [-0.2, 0) is 16.1 Å². The van der Waals surface area contributed by atoms with Gasteiger partial charge in [0.25, 0.3) is 0 Å². The number of nitrogens with one attached hydrogen (secondary N) is 1. The van der Waals surface area contributed by atoms with Gasteiger partial charge in [0.15, 0.2) is 0 Å². The Kier molecular flexibility index (Phi) is 9.39. The van der Waals surface area contributed by atoms with Crippen LogP contribution in [0.2, 0.25) is 5.02 Å². The molecule has 2 aliphatic rings. The molecule has 2 amide bonds. The van der Waals surface area contributed by atoms with E-state index in [1.165, 1.54) is 5.56 Å². The van der Waals surface area contributed by atoms with Crippen LogP contribution in [0.15, 0.2) is 54.6 Å². The van der Waals surface area contributed by atoms with E-state index < -0.39 is 0 Å². The first-order valence-electron chi connectivity index (χ1n) is 12.6. The smallest absolute Gasteiger partial charge is 0.246 e. The highest BCUT2D eigenvalue weighted by atomic mass is 35.5. The minimum absolute atomic E-state index is 0.0166. The van der Waals surface area contributed by atoms with Gasteiger partial charge in [-0.25, -0.2) is 0 Å². The highest BCUT2D eigenvalue weighted by Gasteiger charge is 2.22. The van der Waals surface area contributed by atoms with Gasteiger partial charge in [0.2, 0.25) is 11.8 Å². The molecule has 1 atom stereocenters. The maximum Gasteiger partial charge on any atom is 0.246 e. The summed E-state index contributed by atoms with van der Waals surface area (Å²) in [6, 6.07) is 16.0. The first kappa shape index (κ1) is 26.2. The zero-order valence-corrected chi connectivity index (χ0v) is 21.6. The predicted octanol–water partition coefficient (Wildman–Crippen LogP) is 3.29. The largest absolute Gasteiger partial charge is 0.492 e. The molecule has 7 nitrogen and oxygen atoms in total. The highest BCUT2D eigenvalue weighted by molar-refractivity contribution is 6.32. The molecule has 1 N–H and O–H groups in total. The molecule has 0 saturated carbocycles. The molecule has 0 aromatic heterocycles. The van der Waals surface area contributed by atoms with Crippen molar-refractivity contribution in [3.63, 3.8) is 0 Å². The zero-order chi connectivity index (χ0) is 25.3. The number of hydrogen-bond donors (Lipinski definition) is 1. The Morgan fingerprint density at radius 2 is 1.97 bits per heavy atom. The molecule has 0 spiro atoms. The molecule has 36 heavy (non-hydrogen) atoms. The summed E-state index contributed by atoms with van der Waals surface area (Å²) in [4.78, 5) is 30.4. The van der Waals surface area contributed by atoms with Gasteiger partial charge in [-0.2, -0.15) is 0 Å². The van der Waals surface area contributed by atoms with Crippen molar-refractivity contribution in [1.82, 2.24) is 20.0 Å². The second kappa shape index (κ2) is 12.9. The van der Waals surface area contributed by atoms with Crippen molar-refractivity contribution in [3.05, 3.63) is 70.8 Å². The van der Waals surface area contributed by atoms with E-state index in [1.807, 2.05) is 41.3 Å². The van der Waals surface area contributed by atoms with Gasteiger partial charge in [-0.3, -0.25) is 14.5 Å². The number of piperazine rings is 1. The minimum atomic E-state index is 0.0166. The molecule has 4 rings (SSSR count). The van der Waals surface area contributed by atoms with E-state index in [2.05, 4.69) is 34.3 Å². The Morgan fingerprint density at radius 3 is 2.72 bits per heavy atom. The number of halogens is 1. The molecule has 0 bridgehead atoms. The number of carbonyl (C=O) groups is 2. The molecule has 2 aliphatic heterocycles. The second-order valence-electron chi connectivity index (χ2n) is 9.52. The predicted molar refractivity (Wildman–Crippen MR) is 143 cm³/mol. The summed E-state index contributed by atoms with van der Waals surface area (Å²) in [6.07, 6.45) is 4.93. The second-order valence-corrected chi connectivity index (χ2v) is 9.92. The number of likely N-dealkylation sites (N-methyl/N-ethyl adjacent to an activating group) is 1. The number of rotatable bonds is 10. The number of nitrogens with zero attached hydrogens (tertiary/aromatic N) is 3. The summed E-state index contributed by atoms with van der Waals surface area (Å²) >= 11 is 6.16. The van der Waals surface area contributed by atoms with Crippen molar-refractivity contribution in [2.75, 3.05) is 52.9 Å². The third-order valence-electron chi connectivity index (χ3n) is 6.64. The molecule has 2 heterocycles. The molecule has 2 aromatic rings. The van der Waals surface area contributed by atoms with Crippen molar-refractivity contribution in [2.24, 2.45) is 0 Å². The molecule has 8 heteroatoms. The first-order valence-corrected chi connectivity index (χ1v) is 13.0. The van der Waals surface area contributed by atoms with E-state index >= 15 is 0 Å². The summed E-state index contributed by atoms with van der Waals surface area (Å²) in [5, 5.41) is 3.67. The van der Waals surface area contributed by atoms with Gasteiger partial charge >= 0.3 is 0 Å². The lowest BCUT2D eigenvalue weighted by atomic mass is 10.1. The van der Waals surface area contributed by atoms with E-state index in [0.29, 0.717) is 31.1 Å². The van der Waals surface area contributed by atoms with Crippen molar-refractivity contribution < 1.29 is 14.3 Å². The lowest BCUT2D eigenvalue weighted by Crippen LogP contribution is -2.49. The lowest BCUT2D eigenvalue weighted by Gasteiger charge is -2.34. The maximum atomic E-state index is 12.5. The topological polar surface area (TPSA) is 65.1 Å². The number of ether oxygens (including phenoxy) is 1. The summed E-state index contributed by atoms with van der Waals surface area (Å²) in [5.41, 5.74) is 2.04. The quantitative estimate of drug-likeness (QED) is 0.497. The number of hydrogen-bond acceptors (Lipinski definition) is 5. The lowest BCUT2D eigenvalue weighted by molar-refractivity contribution is -0.127. The minimum Gasteiger partial charge on any atom is -0.492 e. The molecule has 2 saturated heterocycles. The molecule has 0 aliphatic carbocycles. The van der Waals surface area contributed by atoms with Crippen LogP contribution in [0.25, 0.3) is 6.08 Å². The van der Waals surface area contributed by atoms with Gasteiger partial charge in [-0.1, -0.05) is 41.9 Å². The van der Waals surface area contributed by atoms with Crippen LogP contribution < -0.4 is 10.1 Å². The van der Waals surface area contributed by atoms with E-state index in [0.717, 1.165) is 50.5 Å². The van der Waals surface area contributed by atoms with Crippen molar-refractivity contribution in [1.29, 1.82) is 0 Å². The van der Waals surface area contributed by atoms with Crippen molar-refractivity contribution in [2.45, 2.75) is 25.4 Å². The Balaban J connectivity index is 1.15. The van der Waals surface area contributed by atoms with E-state index in [4.69, 9.17) is 16.3 Å². The van der Waals surface area contributed by atoms with Crippen LogP contribution in [0, 0.1) is 0 Å². The van der Waals surface area contributed by atoms with Crippen LogP contribution in [-0.4, -0.2) is 85.5 Å². The molecular weight excluding hydrogens is 476 g/mol. The summed E-state index contributed by atoms with van der Waals surface area (Å²) in [7, 11) is 2.08. The van der Waals surface area contributed by atoms with Crippen molar-refractivity contribution in [3.8, 4) is 5.75 Å². The number of carbonyl (C=O) groups excluding carboxylic acids is 2. The molecule has 2 aromatic carbocycles. The number of amides is 2. The summed E-state index contributed by atoms with van der Waals surface area (Å²) in [5.74, 6) is 1.04. The standard InChI is InChI=1S/C28H35ClN4O3/c1-31(21-24-10-11-27(34)30-24)20-22-5-4-7-25(19-22)36-18-17-32-13-15-33(16-14-32)28(35)12-9-23-6-2-3-8-26(23)29/h2-9,12,19,24H,10-11,13-18,20-21H2,1H3,(H,30,34)/b12-9+/t24-/m1/s1. The monoisotopic (exact) mass is 510 g/mol. The average Bonchev–Trinajstić information content (AvgIpc) is 3.28. The Bertz CT molecular complexity index is 1070. The van der Waals surface area contributed by atoms with E-state index in [-0.39, 0.29) is 17.9 Å². The van der Waals surface area contributed by atoms with E-state index in [1.54, 1.807) is 12.2 Å². The van der Waals surface area contributed by atoms with Gasteiger partial charge in [-0.15, -0.1) is 0 Å². The molecule has 0 unspecified atom stereocenters. The summed E-state index contributed by atoms with van der Waals surface area (Å²) in [6.45, 7) is 6.15. The number of benzene rings is 2. The van der Waals surface area contributed by atoms with Gasteiger partial charge < -0.3 is 19.9 Å². The third kappa shape index (κ3) is 7.82. The molecular formula is C28H35ClN4O3. The van der Waals surface area contributed by atoms with Crippen LogP contribution in [0.5, 0.6) is 5.75 Å². The van der Waals surface area contributed by atoms with Crippen LogP contribution in [0.1, 0.15) is 24.0 Å². The third-order valence-corrected chi connectivity index (χ3v) is 6.98. The maximum absolute atomic E-state index is 12.5. The van der Waals surface area contributed by atoms with Gasteiger partial charge in [0.05, 0.1) is 0 Å². The van der Waals surface area contributed by atoms with Gasteiger partial charge in [0.1, 0.15) is 12.4 Å². The highest BCUT2D eigenvalue weighted by Crippen LogP contribution is 2.18. The summed E-state index contributed by atoms with van der Waals surface area (Å²) < 4.78 is 6.03. The average molecular weight is 511 g/mol. The van der Waals surface area contributed by atoms with Gasteiger partial charge in [0, 0.05) is 69.4 Å². The fraction of sp³-hybridized carbons (Fsp3) is 0.429. The fourth-order valence-electron chi connectivity index (χ4n) is 4.66. The first-order chi connectivity index (χ1) is 17.5.